The Bertz CT molecular complexity index is 1670. The number of sulfonamides is 1. The van der Waals surface area contributed by atoms with E-state index in [1.165, 1.54) is 31.6 Å². The Morgan fingerprint density at radius 1 is 1.06 bits per heavy atom. The maximum atomic E-state index is 15.4. The number of H-pyrrole nitrogens is 2. The van der Waals surface area contributed by atoms with Gasteiger partial charge in [0.15, 0.2) is 28.2 Å². The molecule has 5 aromatic rings. The van der Waals surface area contributed by atoms with E-state index in [1.807, 2.05) is 4.72 Å². The molecule has 1 aromatic carbocycles. The summed E-state index contributed by atoms with van der Waals surface area (Å²) in [7, 11) is -3.19. The van der Waals surface area contributed by atoms with Crippen LogP contribution >= 0.6 is 11.6 Å². The largest absolute Gasteiger partial charge is 0.480 e. The first kappa shape index (κ1) is 22.7. The van der Waals surface area contributed by atoms with Gasteiger partial charge >= 0.3 is 0 Å². The summed E-state index contributed by atoms with van der Waals surface area (Å²) in [6, 6.07) is 5.24. The molecule has 4 aromatic heterocycles. The fourth-order valence-electron chi connectivity index (χ4n) is 3.50. The normalized spacial score (nSPS) is 11.7. The monoisotopic (exact) mass is 517 g/mol. The van der Waals surface area contributed by atoms with Crippen LogP contribution in [0.15, 0.2) is 53.9 Å². The molecule has 0 aliphatic carbocycles. The number of rotatable bonds is 6. The first-order chi connectivity index (χ1) is 16.8. The van der Waals surface area contributed by atoms with Crippen molar-refractivity contribution < 1.29 is 21.9 Å². The van der Waals surface area contributed by atoms with Crippen LogP contribution in [0, 0.1) is 11.6 Å². The Morgan fingerprint density at radius 3 is 2.60 bits per heavy atom. The zero-order chi connectivity index (χ0) is 24.7. The Morgan fingerprint density at radius 2 is 1.86 bits per heavy atom. The van der Waals surface area contributed by atoms with Crippen LogP contribution in [0.2, 0.25) is 5.02 Å². The van der Waals surface area contributed by atoms with Crippen molar-refractivity contribution in [3.05, 3.63) is 65.7 Å². The van der Waals surface area contributed by atoms with Gasteiger partial charge in [0.25, 0.3) is 10.0 Å². The summed E-state index contributed by atoms with van der Waals surface area (Å²) in [5, 5.41) is 7.15. The maximum Gasteiger partial charge on any atom is 0.268 e. The highest BCUT2D eigenvalue weighted by Crippen LogP contribution is 2.35. The number of fused-ring (bicyclic) bond motifs is 1. The molecule has 3 N–H and O–H groups in total. The number of nitrogens with zero attached hydrogens (tertiary/aromatic N) is 4. The third-order valence-electron chi connectivity index (χ3n) is 5.08. The highest BCUT2D eigenvalue weighted by atomic mass is 35.5. The Labute approximate surface area is 201 Å². The third kappa shape index (κ3) is 3.94. The summed E-state index contributed by atoms with van der Waals surface area (Å²) >= 11 is 5.86. The van der Waals surface area contributed by atoms with Crippen LogP contribution in [0.25, 0.3) is 33.5 Å². The minimum Gasteiger partial charge on any atom is -0.480 e. The number of imidazole rings is 1. The quantitative estimate of drug-likeness (QED) is 0.307. The van der Waals surface area contributed by atoms with Gasteiger partial charge in [-0.15, -0.1) is 0 Å². The summed E-state index contributed by atoms with van der Waals surface area (Å²) in [6.45, 7) is 0. The van der Waals surface area contributed by atoms with Gasteiger partial charge in [0.05, 0.1) is 12.1 Å². The van der Waals surface area contributed by atoms with E-state index in [-0.39, 0.29) is 27.5 Å². The van der Waals surface area contributed by atoms with E-state index >= 15 is 8.78 Å². The molecule has 10 nitrogen and oxygen atoms in total. The van der Waals surface area contributed by atoms with Crippen LogP contribution in [-0.4, -0.2) is 45.7 Å². The van der Waals surface area contributed by atoms with Crippen molar-refractivity contribution in [1.29, 1.82) is 0 Å². The first-order valence-corrected chi connectivity index (χ1v) is 11.7. The molecule has 0 saturated heterocycles. The predicted molar refractivity (Wildman–Crippen MR) is 123 cm³/mol. The number of hydrogen-bond donors (Lipinski definition) is 3. The van der Waals surface area contributed by atoms with Crippen molar-refractivity contribution in [2.24, 2.45) is 0 Å². The number of nitrogens with one attached hydrogen (secondary N) is 3. The Balaban J connectivity index is 1.56. The van der Waals surface area contributed by atoms with E-state index in [0.717, 1.165) is 12.3 Å². The van der Waals surface area contributed by atoms with Gasteiger partial charge < -0.3 is 9.72 Å². The molecule has 4 heterocycles. The number of hydrogen-bond acceptors (Lipinski definition) is 7. The molecular weight excluding hydrogens is 504 g/mol. The average Bonchev–Trinajstić information content (AvgIpc) is 3.51. The van der Waals surface area contributed by atoms with E-state index in [1.54, 1.807) is 12.3 Å². The molecule has 0 spiro atoms. The summed E-state index contributed by atoms with van der Waals surface area (Å²) in [5.41, 5.74) is 0.0714. The lowest BCUT2D eigenvalue weighted by Gasteiger charge is -2.13. The van der Waals surface area contributed by atoms with Crippen LogP contribution < -0.4 is 9.46 Å². The van der Waals surface area contributed by atoms with Crippen molar-refractivity contribution in [2.75, 3.05) is 11.8 Å². The van der Waals surface area contributed by atoms with E-state index in [0.29, 0.717) is 16.9 Å². The van der Waals surface area contributed by atoms with Crippen LogP contribution in [0.3, 0.4) is 0 Å². The summed E-state index contributed by atoms with van der Waals surface area (Å²) in [6.07, 6.45) is 5.48. The molecule has 0 atom stereocenters. The molecule has 14 heteroatoms. The molecule has 0 unspecified atom stereocenters. The average molecular weight is 518 g/mol. The second kappa shape index (κ2) is 8.60. The molecule has 0 radical (unpaired) electrons. The highest BCUT2D eigenvalue weighted by Gasteiger charge is 2.25. The number of methoxy groups -OCH3 is 1. The summed E-state index contributed by atoms with van der Waals surface area (Å²) in [5.74, 6) is -2.34. The van der Waals surface area contributed by atoms with Crippen LogP contribution in [0.4, 0.5) is 14.6 Å². The van der Waals surface area contributed by atoms with Crippen molar-refractivity contribution in [2.45, 2.75) is 4.90 Å². The fraction of sp³-hybridized carbons (Fsp3) is 0.0476. The molecule has 0 aliphatic rings. The fourth-order valence-corrected chi connectivity index (χ4v) is 4.87. The van der Waals surface area contributed by atoms with E-state index in [4.69, 9.17) is 16.3 Å². The molecule has 35 heavy (non-hydrogen) atoms. The molecule has 0 saturated carbocycles. The molecule has 0 fully saturated rings. The predicted octanol–water partition coefficient (Wildman–Crippen LogP) is 4.15. The molecule has 0 bridgehead atoms. The summed E-state index contributed by atoms with van der Waals surface area (Å²) in [4.78, 5) is 14.1. The maximum absolute atomic E-state index is 15.4. The van der Waals surface area contributed by atoms with Crippen molar-refractivity contribution in [3.8, 4) is 28.5 Å². The number of aromatic nitrogens is 6. The molecule has 0 amide bonds. The van der Waals surface area contributed by atoms with E-state index < -0.39 is 32.4 Å². The molecule has 178 valence electrons. The smallest absolute Gasteiger partial charge is 0.268 e. The van der Waals surface area contributed by atoms with Crippen molar-refractivity contribution >= 4 is 38.3 Å². The standard InChI is InChI=1S/C21H14ClF2N7O3S/c1-34-21-14(8-10(22)9-28-21)35(32,33)31-19-16(24)12(4-5-25-19)11-2-3-13-17(15(11)23)29-30-18(13)20-26-6-7-27-20/h2-9H,1H3,(H,25,31)(H,26,27)(H,29,30). The second-order valence-corrected chi connectivity index (χ2v) is 9.23. The second-order valence-electron chi connectivity index (χ2n) is 7.15. The molecule has 0 aliphatic heterocycles. The summed E-state index contributed by atoms with van der Waals surface area (Å²) < 4.78 is 63.6. The third-order valence-corrected chi connectivity index (χ3v) is 6.62. The van der Waals surface area contributed by atoms with Crippen molar-refractivity contribution in [1.82, 2.24) is 30.1 Å². The zero-order valence-electron chi connectivity index (χ0n) is 17.7. The lowest BCUT2D eigenvalue weighted by Crippen LogP contribution is -2.17. The number of benzene rings is 1. The number of aromatic amines is 2. The van der Waals surface area contributed by atoms with Gasteiger partial charge in [0.2, 0.25) is 5.88 Å². The number of ether oxygens (including phenoxy) is 1. The Kier molecular flexibility index (Phi) is 5.57. The highest BCUT2D eigenvalue weighted by molar-refractivity contribution is 7.92. The van der Waals surface area contributed by atoms with Crippen LogP contribution in [0.1, 0.15) is 0 Å². The molecular formula is C21H14ClF2N7O3S. The van der Waals surface area contributed by atoms with E-state index in [2.05, 4.69) is 30.1 Å². The molecule has 5 rings (SSSR count). The topological polar surface area (TPSA) is 139 Å². The lowest BCUT2D eigenvalue weighted by molar-refractivity contribution is 0.385. The van der Waals surface area contributed by atoms with Gasteiger partial charge in [-0.2, -0.15) is 5.10 Å². The van der Waals surface area contributed by atoms with Gasteiger partial charge in [-0.1, -0.05) is 17.7 Å². The lowest BCUT2D eigenvalue weighted by atomic mass is 10.0. The van der Waals surface area contributed by atoms with Gasteiger partial charge in [0, 0.05) is 41.3 Å². The first-order valence-electron chi connectivity index (χ1n) is 9.83. The zero-order valence-corrected chi connectivity index (χ0v) is 19.2. The SMILES string of the molecule is COc1ncc(Cl)cc1S(=O)(=O)Nc1nccc(-c2ccc3c(-c4ncc[nH]4)n[nH]c3c2F)c1F. The van der Waals surface area contributed by atoms with Gasteiger partial charge in [0.1, 0.15) is 11.2 Å². The van der Waals surface area contributed by atoms with Crippen molar-refractivity contribution in [3.63, 3.8) is 0 Å². The minimum atomic E-state index is -4.41. The van der Waals surface area contributed by atoms with Crippen LogP contribution in [0.5, 0.6) is 5.88 Å². The van der Waals surface area contributed by atoms with Gasteiger partial charge in [-0.05, 0) is 18.2 Å². The number of halogens is 3. The minimum absolute atomic E-state index is 0.0252. The number of pyridine rings is 2. The Hall–Kier alpha value is -4.10. The van der Waals surface area contributed by atoms with Gasteiger partial charge in [-0.25, -0.2) is 32.2 Å². The van der Waals surface area contributed by atoms with Crippen LogP contribution in [-0.2, 0) is 10.0 Å². The number of anilines is 1. The van der Waals surface area contributed by atoms with Gasteiger partial charge in [-0.3, -0.25) is 9.82 Å². The van der Waals surface area contributed by atoms with E-state index in [9.17, 15) is 8.42 Å².